The van der Waals surface area contributed by atoms with Gasteiger partial charge in [0.15, 0.2) is 11.4 Å². The fourth-order valence-corrected chi connectivity index (χ4v) is 4.97. The third-order valence-electron chi connectivity index (χ3n) is 7.19. The van der Waals surface area contributed by atoms with Gasteiger partial charge in [0.1, 0.15) is 5.52 Å². The van der Waals surface area contributed by atoms with E-state index in [4.69, 9.17) is 9.40 Å². The molecule has 0 bridgehead atoms. The molecule has 2 aliphatic rings. The van der Waals surface area contributed by atoms with Gasteiger partial charge in [0.05, 0.1) is 18.2 Å². The van der Waals surface area contributed by atoms with Crippen LogP contribution in [0.1, 0.15) is 39.2 Å². The summed E-state index contributed by atoms with van der Waals surface area (Å²) in [6, 6.07) is 7.59. The molecule has 10 heteroatoms. The zero-order valence-corrected chi connectivity index (χ0v) is 20.1. The highest BCUT2D eigenvalue weighted by atomic mass is 19.3. The summed E-state index contributed by atoms with van der Waals surface area (Å²) < 4.78 is 30.8. The molecule has 1 fully saturated rings. The van der Waals surface area contributed by atoms with E-state index in [2.05, 4.69) is 25.8 Å². The van der Waals surface area contributed by atoms with E-state index in [9.17, 15) is 13.6 Å². The van der Waals surface area contributed by atoms with Crippen LogP contribution in [0.15, 0.2) is 34.9 Å². The first-order valence-corrected chi connectivity index (χ1v) is 12.0. The minimum absolute atomic E-state index is 0.0230. The first kappa shape index (κ1) is 23.5. The summed E-state index contributed by atoms with van der Waals surface area (Å²) in [6.45, 7) is 7.00. The molecule has 2 aromatic heterocycles. The third kappa shape index (κ3) is 4.54. The van der Waals surface area contributed by atoms with E-state index in [1.165, 1.54) is 0 Å². The number of hydrogen-bond donors (Lipinski definition) is 3. The first-order chi connectivity index (χ1) is 16.7. The van der Waals surface area contributed by atoms with Gasteiger partial charge in [-0.2, -0.15) is 4.98 Å². The molecule has 0 aliphatic carbocycles. The van der Waals surface area contributed by atoms with E-state index in [-0.39, 0.29) is 18.5 Å². The zero-order chi connectivity index (χ0) is 24.7. The molecule has 1 unspecified atom stereocenters. The Bertz CT molecular complexity index is 1240. The van der Waals surface area contributed by atoms with Crippen molar-refractivity contribution in [3.63, 3.8) is 0 Å². The minimum atomic E-state index is -2.34. The molecule has 35 heavy (non-hydrogen) atoms. The molecule has 3 N–H and O–H groups in total. The smallest absolute Gasteiger partial charge is 0.250 e. The second-order valence-electron chi connectivity index (χ2n) is 9.88. The molecule has 1 amide bonds. The molecule has 1 saturated heterocycles. The average molecular weight is 485 g/mol. The van der Waals surface area contributed by atoms with Crippen molar-refractivity contribution in [1.29, 1.82) is 0 Å². The number of carbonyl (C=O) groups excluding carboxylic acids is 1. The Morgan fingerprint density at radius 3 is 2.74 bits per heavy atom. The van der Waals surface area contributed by atoms with E-state index in [0.29, 0.717) is 28.8 Å². The van der Waals surface area contributed by atoms with Crippen LogP contribution in [0.5, 0.6) is 0 Å². The highest BCUT2D eigenvalue weighted by Crippen LogP contribution is 2.39. The normalized spacial score (nSPS) is 18.7. The molecule has 5 rings (SSSR count). The van der Waals surface area contributed by atoms with Crippen molar-refractivity contribution >= 4 is 40.1 Å². The minimum Gasteiger partial charge on any atom is -0.459 e. The summed E-state index contributed by atoms with van der Waals surface area (Å²) in [5.41, 5.74) is 3.27. The van der Waals surface area contributed by atoms with Gasteiger partial charge in [0.25, 0.3) is 6.43 Å². The van der Waals surface area contributed by atoms with Crippen LogP contribution in [0.3, 0.4) is 0 Å². The zero-order valence-electron chi connectivity index (χ0n) is 20.1. The number of rotatable bonds is 7. The number of halogens is 2. The third-order valence-corrected chi connectivity index (χ3v) is 7.19. The molecule has 0 spiro atoms. The molecular formula is C25H30F2N6O2. The summed E-state index contributed by atoms with van der Waals surface area (Å²) in [7, 11) is 0. The fraction of sp³-hybridized carbons (Fsp3) is 0.480. The van der Waals surface area contributed by atoms with E-state index in [1.807, 2.05) is 39.0 Å². The number of nitrogens with zero attached hydrogens (tertiary/aromatic N) is 3. The molecule has 186 valence electrons. The number of aromatic nitrogens is 2. The van der Waals surface area contributed by atoms with Crippen molar-refractivity contribution in [2.24, 2.45) is 5.92 Å². The van der Waals surface area contributed by atoms with Crippen LogP contribution in [0.25, 0.3) is 11.1 Å². The van der Waals surface area contributed by atoms with E-state index in [0.717, 1.165) is 42.9 Å². The number of benzene rings is 1. The molecule has 1 aromatic carbocycles. The van der Waals surface area contributed by atoms with Gasteiger partial charge in [-0.1, -0.05) is 6.07 Å². The van der Waals surface area contributed by atoms with Crippen molar-refractivity contribution in [2.75, 3.05) is 35.2 Å². The second-order valence-corrected chi connectivity index (χ2v) is 9.88. The van der Waals surface area contributed by atoms with Gasteiger partial charge in [-0.3, -0.25) is 4.79 Å². The molecule has 1 atom stereocenters. The van der Waals surface area contributed by atoms with Crippen LogP contribution < -0.4 is 20.9 Å². The van der Waals surface area contributed by atoms with Crippen LogP contribution in [0.4, 0.5) is 31.9 Å². The Morgan fingerprint density at radius 1 is 1.23 bits per heavy atom. The lowest BCUT2D eigenvalue weighted by atomic mass is 9.86. The molecule has 0 saturated carbocycles. The predicted octanol–water partition coefficient (Wildman–Crippen LogP) is 4.66. The van der Waals surface area contributed by atoms with Gasteiger partial charge in [-0.05, 0) is 57.2 Å². The molecule has 0 radical (unpaired) electrons. The fourth-order valence-electron chi connectivity index (χ4n) is 4.97. The lowest BCUT2D eigenvalue weighted by Gasteiger charge is -2.35. The lowest BCUT2D eigenvalue weighted by Crippen LogP contribution is -2.43. The highest BCUT2D eigenvalue weighted by Gasteiger charge is 2.38. The Balaban J connectivity index is 1.33. The number of amides is 1. The number of nitrogens with one attached hydrogen (secondary N) is 3. The van der Waals surface area contributed by atoms with Gasteiger partial charge < -0.3 is 25.3 Å². The van der Waals surface area contributed by atoms with Crippen molar-refractivity contribution in [3.05, 3.63) is 36.1 Å². The van der Waals surface area contributed by atoms with E-state index < -0.39 is 11.8 Å². The molecule has 8 nitrogen and oxygen atoms in total. The second kappa shape index (κ2) is 9.07. The largest absolute Gasteiger partial charge is 0.459 e. The lowest BCUT2D eigenvalue weighted by molar-refractivity contribution is -0.119. The molecule has 4 heterocycles. The quantitative estimate of drug-likeness (QED) is 0.449. The van der Waals surface area contributed by atoms with Crippen LogP contribution in [0, 0.1) is 5.92 Å². The first-order valence-electron chi connectivity index (χ1n) is 12.0. The number of furan rings is 1. The topological polar surface area (TPSA) is 95.3 Å². The SMILES string of the molecule is CC(NCC(F)F)C1CCN(c2nc(Nc3ccc4c(c3)NC(=O)C4(C)C)nc3ccoc23)CC1. The van der Waals surface area contributed by atoms with Crippen molar-refractivity contribution < 1.29 is 18.0 Å². The average Bonchev–Trinajstić information content (AvgIpc) is 3.38. The Morgan fingerprint density at radius 2 is 2.00 bits per heavy atom. The predicted molar refractivity (Wildman–Crippen MR) is 132 cm³/mol. The Labute approximate surface area is 202 Å². The number of anilines is 4. The van der Waals surface area contributed by atoms with Gasteiger partial charge in [0.2, 0.25) is 11.9 Å². The number of carbonyl (C=O) groups is 1. The van der Waals surface area contributed by atoms with E-state index >= 15 is 0 Å². The monoisotopic (exact) mass is 484 g/mol. The Hall–Kier alpha value is -3.27. The summed E-state index contributed by atoms with van der Waals surface area (Å²) in [5.74, 6) is 1.45. The molecule has 2 aliphatic heterocycles. The number of piperidine rings is 1. The van der Waals surface area contributed by atoms with Crippen molar-refractivity contribution in [1.82, 2.24) is 15.3 Å². The number of hydrogen-bond acceptors (Lipinski definition) is 7. The maximum Gasteiger partial charge on any atom is 0.250 e. The van der Waals surface area contributed by atoms with Crippen LogP contribution in [-0.4, -0.2) is 48.0 Å². The number of alkyl halides is 2. The number of fused-ring (bicyclic) bond motifs is 2. The Kier molecular flexibility index (Phi) is 6.08. The summed E-state index contributed by atoms with van der Waals surface area (Å²) in [6.07, 6.45) is 0.993. The van der Waals surface area contributed by atoms with E-state index in [1.54, 1.807) is 12.3 Å². The van der Waals surface area contributed by atoms with Gasteiger partial charge in [0, 0.05) is 36.6 Å². The molecule has 3 aromatic rings. The summed E-state index contributed by atoms with van der Waals surface area (Å²) >= 11 is 0. The summed E-state index contributed by atoms with van der Waals surface area (Å²) in [5, 5.41) is 9.15. The van der Waals surface area contributed by atoms with Crippen LogP contribution >= 0.6 is 0 Å². The van der Waals surface area contributed by atoms with Crippen LogP contribution in [0.2, 0.25) is 0 Å². The van der Waals surface area contributed by atoms with Gasteiger partial charge in [-0.15, -0.1) is 0 Å². The maximum atomic E-state index is 12.6. The van der Waals surface area contributed by atoms with Crippen LogP contribution in [-0.2, 0) is 10.2 Å². The van der Waals surface area contributed by atoms with Crippen molar-refractivity contribution in [3.8, 4) is 0 Å². The standard InChI is InChI=1S/C25H30F2N6O2/c1-14(28-13-20(26)27)15-6-9-33(10-7-15)22-21-18(8-11-35-21)31-24(32-22)29-16-4-5-17-19(12-16)30-23(34)25(17,2)3/h4-5,8,11-12,14-15,20,28H,6-7,9-10,13H2,1-3H3,(H,30,34)(H,29,31,32). The highest BCUT2D eigenvalue weighted by molar-refractivity contribution is 6.06. The summed E-state index contributed by atoms with van der Waals surface area (Å²) in [4.78, 5) is 23.8. The van der Waals surface area contributed by atoms with Gasteiger partial charge in [-0.25, -0.2) is 13.8 Å². The molecular weight excluding hydrogens is 454 g/mol. The van der Waals surface area contributed by atoms with Gasteiger partial charge >= 0.3 is 0 Å². The maximum absolute atomic E-state index is 12.6. The van der Waals surface area contributed by atoms with Crippen molar-refractivity contribution in [2.45, 2.75) is 51.5 Å².